The number of rotatable bonds is 38. The SMILES string of the molecule is C.C.C=C(CO)CO.C=C(CO)COc1ccc(OC(F)(F)F)cc1.C=C(CO)COc1ccc(OC(F)(F)F)cc1.C=C(COc1ccc(OC(F)(F)F)cc1)CSc1ccc(OCC(=O)O)c(C)c1.C=C(COc1ccc(OC(F)(F)F)cc1)CSc1ccc(OCC(=O)OCC)c(C)c1.CCOC(=O)COc1ccc(S)cc1C.ClCCl.Oc1ccc(OC(F)(F)F)cc1.[CH3-]. The molecule has 0 saturated heterocycles. The zero-order chi connectivity index (χ0) is 98.2. The molecule has 23 nitrogen and oxygen atoms in total. The van der Waals surface area contributed by atoms with Crippen LogP contribution in [0, 0.1) is 28.2 Å². The number of phenols is 1. The quantitative estimate of drug-likeness (QED) is 0.00360. The Morgan fingerprint density at radius 1 is 0.353 bits per heavy atom. The summed E-state index contributed by atoms with van der Waals surface area (Å²) >= 11 is 16.8. The molecule has 8 rings (SSSR count). The Balaban J connectivity index is -0.00000153. The highest BCUT2D eigenvalue weighted by molar-refractivity contribution is 7.99. The van der Waals surface area contributed by atoms with Crippen LogP contribution in [-0.2, 0) is 23.9 Å². The lowest BCUT2D eigenvalue weighted by Crippen LogP contribution is -2.17. The molecular weight excluding hydrogens is 1900 g/mol. The summed E-state index contributed by atoms with van der Waals surface area (Å²) in [7, 11) is 0. The normalized spacial score (nSPS) is 10.4. The summed E-state index contributed by atoms with van der Waals surface area (Å²) in [6.45, 7) is 27.4. The number of thioether (sulfide) groups is 2. The zero-order valence-corrected chi connectivity index (χ0v) is 74.9. The van der Waals surface area contributed by atoms with Crippen molar-refractivity contribution in [1.82, 2.24) is 0 Å². The molecule has 133 heavy (non-hydrogen) atoms. The second-order valence-corrected chi connectivity index (χ2v) is 28.4. The van der Waals surface area contributed by atoms with Crippen LogP contribution in [0.3, 0.4) is 0 Å². The second kappa shape index (κ2) is 67.0. The van der Waals surface area contributed by atoms with Gasteiger partial charge >= 0.3 is 49.7 Å². The van der Waals surface area contributed by atoms with Crippen LogP contribution >= 0.6 is 59.4 Å². The number of phenolic OH excluding ortho intramolecular Hbond substituents is 1. The molecular formula is C90H104Cl2F15O23S3-. The van der Waals surface area contributed by atoms with E-state index < -0.39 is 50.4 Å². The predicted octanol–water partition coefficient (Wildman–Crippen LogP) is 22.9. The van der Waals surface area contributed by atoms with E-state index >= 15 is 0 Å². The molecule has 43 heteroatoms. The lowest BCUT2D eigenvalue weighted by molar-refractivity contribution is -0.275. The van der Waals surface area contributed by atoms with E-state index in [0.29, 0.717) is 81.7 Å². The van der Waals surface area contributed by atoms with Gasteiger partial charge in [0, 0.05) is 26.2 Å². The maximum absolute atomic E-state index is 12.2. The van der Waals surface area contributed by atoms with Crippen molar-refractivity contribution in [3.05, 3.63) is 261 Å². The van der Waals surface area contributed by atoms with Crippen LogP contribution in [0.2, 0.25) is 0 Å². The molecule has 0 bridgehead atoms. The molecule has 0 aliphatic carbocycles. The van der Waals surface area contributed by atoms with Gasteiger partial charge < -0.3 is 104 Å². The fourth-order valence-corrected chi connectivity index (χ4v) is 10.3. The number of benzene rings is 8. The summed E-state index contributed by atoms with van der Waals surface area (Å²) in [5.41, 5.74) is 5.65. The average molecular weight is 2010 g/mol. The van der Waals surface area contributed by atoms with Crippen LogP contribution in [-0.4, -0.2) is 183 Å². The number of carboxylic acids is 1. The topological polar surface area (TPSA) is 302 Å². The van der Waals surface area contributed by atoms with Gasteiger partial charge in [0.2, 0.25) is 0 Å². The van der Waals surface area contributed by atoms with E-state index in [1.165, 1.54) is 84.6 Å². The summed E-state index contributed by atoms with van der Waals surface area (Å²) in [5.74, 6) is 1.01. The minimum Gasteiger partial charge on any atom is -0.508 e. The summed E-state index contributed by atoms with van der Waals surface area (Å²) in [6.07, 6.45) is -23.5. The number of carbonyl (C=O) groups is 3. The van der Waals surface area contributed by atoms with Crippen molar-refractivity contribution in [3.63, 3.8) is 0 Å². The number of thiol groups is 1. The molecule has 0 aliphatic heterocycles. The van der Waals surface area contributed by atoms with Gasteiger partial charge in [-0.15, -0.1) is 125 Å². The zero-order valence-electron chi connectivity index (χ0n) is 70.9. The van der Waals surface area contributed by atoms with Gasteiger partial charge in [0.25, 0.3) is 0 Å². The van der Waals surface area contributed by atoms with E-state index in [9.17, 15) is 80.2 Å². The average Bonchev–Trinajstić information content (AvgIpc) is 0.870. The van der Waals surface area contributed by atoms with Gasteiger partial charge in [-0.05, 0) is 255 Å². The van der Waals surface area contributed by atoms with Gasteiger partial charge in [-0.2, -0.15) is 0 Å². The van der Waals surface area contributed by atoms with Gasteiger partial charge in [-0.3, -0.25) is 0 Å². The molecule has 8 aromatic rings. The predicted molar refractivity (Wildman–Crippen MR) is 479 cm³/mol. The van der Waals surface area contributed by atoms with Crippen molar-refractivity contribution in [3.8, 4) is 74.7 Å². The molecule has 0 unspecified atom stereocenters. The minimum absolute atomic E-state index is 0. The monoisotopic (exact) mass is 2000 g/mol. The molecule has 0 saturated carbocycles. The Hall–Kier alpha value is -11.3. The Bertz CT molecular complexity index is 4610. The molecule has 0 radical (unpaired) electrons. The highest BCUT2D eigenvalue weighted by atomic mass is 35.5. The number of carbonyl (C=O) groups excluding carboxylic acids is 2. The third kappa shape index (κ3) is 65.0. The van der Waals surface area contributed by atoms with E-state index in [2.05, 4.69) is 69.2 Å². The molecule has 0 spiro atoms. The van der Waals surface area contributed by atoms with Gasteiger partial charge in [0.15, 0.2) is 19.8 Å². The van der Waals surface area contributed by atoms with E-state index in [4.69, 9.17) is 96.5 Å². The number of hydrogen-bond donors (Lipinski definition) is 7. The van der Waals surface area contributed by atoms with Gasteiger partial charge in [0.05, 0.1) is 45.0 Å². The number of aliphatic hydroxyl groups excluding tert-OH is 4. The van der Waals surface area contributed by atoms with Gasteiger partial charge in [-0.25, -0.2) is 14.4 Å². The summed E-state index contributed by atoms with van der Waals surface area (Å²) in [5, 5.41) is 51.0. The van der Waals surface area contributed by atoms with Crippen molar-refractivity contribution >= 4 is 77.3 Å². The molecule has 0 aromatic heterocycles. The van der Waals surface area contributed by atoms with Crippen LogP contribution in [0.25, 0.3) is 0 Å². The molecule has 0 fully saturated rings. The van der Waals surface area contributed by atoms with Gasteiger partial charge in [-0.1, -0.05) is 47.7 Å². The lowest BCUT2D eigenvalue weighted by Gasteiger charge is -2.12. The first-order valence-corrected chi connectivity index (χ1v) is 40.5. The van der Waals surface area contributed by atoms with Crippen LogP contribution < -0.4 is 56.8 Å². The first-order valence-electron chi connectivity index (χ1n) is 37.0. The Morgan fingerprint density at radius 2 is 0.586 bits per heavy atom. The second-order valence-electron chi connectivity index (χ2n) is 25.0. The largest absolute Gasteiger partial charge is 0.573 e. The number of esters is 2. The van der Waals surface area contributed by atoms with E-state index in [0.717, 1.165) is 91.1 Å². The number of aliphatic carboxylic acids is 1. The maximum atomic E-state index is 12.2. The number of alkyl halides is 17. The number of halogens is 17. The summed E-state index contributed by atoms with van der Waals surface area (Å²) in [6, 6.07) is 41.1. The Morgan fingerprint density at radius 3 is 0.812 bits per heavy atom. The van der Waals surface area contributed by atoms with Crippen molar-refractivity contribution in [1.29, 1.82) is 0 Å². The summed E-state index contributed by atoms with van der Waals surface area (Å²) < 4.78 is 244. The van der Waals surface area contributed by atoms with Crippen molar-refractivity contribution in [2.45, 2.75) is 96.0 Å². The van der Waals surface area contributed by atoms with Crippen molar-refractivity contribution in [2.75, 3.05) is 103 Å². The molecule has 0 atom stereocenters. The van der Waals surface area contributed by atoms with Gasteiger partial charge in [0.1, 0.15) is 101 Å². The molecule has 0 aliphatic rings. The lowest BCUT2D eigenvalue weighted by atomic mass is 10.2. The molecule has 0 amide bonds. The Kier molecular flexibility index (Phi) is 63.3. The number of aliphatic hydroxyl groups is 4. The molecule has 740 valence electrons. The first-order chi connectivity index (χ1) is 60.9. The third-order valence-electron chi connectivity index (χ3n) is 14.0. The number of carboxylic acid groups (broad SMARTS) is 1. The number of aryl methyl sites for hydroxylation is 3. The maximum Gasteiger partial charge on any atom is 0.573 e. The molecule has 0 heterocycles. The van der Waals surface area contributed by atoms with Crippen LogP contribution in [0.5, 0.6) is 74.7 Å². The molecule has 8 aromatic carbocycles. The first kappa shape index (κ1) is 126. The summed E-state index contributed by atoms with van der Waals surface area (Å²) in [4.78, 5) is 35.8. The minimum atomic E-state index is -4.73. The van der Waals surface area contributed by atoms with E-state index in [1.54, 1.807) is 43.8 Å². The van der Waals surface area contributed by atoms with Crippen LogP contribution in [0.4, 0.5) is 65.9 Å². The van der Waals surface area contributed by atoms with E-state index in [1.807, 2.05) is 57.2 Å². The number of aromatic hydroxyl groups is 1. The van der Waals surface area contributed by atoms with Crippen molar-refractivity contribution in [2.24, 2.45) is 0 Å². The number of ether oxygens (including phenoxy) is 14. The van der Waals surface area contributed by atoms with Crippen LogP contribution in [0.15, 0.2) is 251 Å². The highest BCUT2D eigenvalue weighted by Crippen LogP contribution is 2.34. The molecule has 6 N–H and O–H groups in total. The van der Waals surface area contributed by atoms with E-state index in [-0.39, 0.29) is 134 Å². The van der Waals surface area contributed by atoms with Crippen LogP contribution in [0.1, 0.15) is 45.4 Å². The fourth-order valence-electron chi connectivity index (χ4n) is 8.30. The fraction of sp³-hybridized carbons (Fsp3) is 0.311. The Labute approximate surface area is 784 Å². The standard InChI is InChI=1S/C22H23F3O5S.C20H19F3O5S.2C11H11F3O3.C11H14O3S.C7H5F3O2.C4H8O2.CH2Cl2.2CH4.CH3/c1-4-27-21(26)13-29-20-10-9-19(11-16(20)3)31-14-15(2)12-28-17-5-7-18(8-6-17)30-22(23,24)25;1-13(10-26-15-3-5-16(6-4-15)28-20(21,22)23)12-29-17-7-8-18(14(2)9-17)27-11-19(24)25;2*1-8(6-15)7-16-9-2-4-10(5-3-9)17-11(12,13)14;1-3-13-11(12)7-14-10-5-4-9(15)6-8(10)2;8-7(9,10)12-6-3-1-5(11)2-4-6;1-4(2-5)3-6;2-1-3;;;/h5-11H,2,4,12-14H2,1,3H3;3-9H,1,10-12H2,2H3,(H,24,25);2*2-5,15H,1,6-7H2;4-6,15H,3,7H2,1-2H3;1-4,11H;5-6H,1-3H2;1H2;2*1H4;1H3/q;;;;;;;;;;-1. The number of hydrogen-bond acceptors (Lipinski definition) is 25. The third-order valence-corrected chi connectivity index (χ3v) is 16.5. The van der Waals surface area contributed by atoms with Crippen molar-refractivity contribution < 1.29 is 177 Å². The highest BCUT2D eigenvalue weighted by Gasteiger charge is 2.34. The smallest absolute Gasteiger partial charge is 0.508 e.